The van der Waals surface area contributed by atoms with Crippen molar-refractivity contribution in [2.45, 2.75) is 13.8 Å². The number of ether oxygens (including phenoxy) is 2. The highest BCUT2D eigenvalue weighted by molar-refractivity contribution is 5.89. The molecular formula is C31H26N4O4. The maximum absolute atomic E-state index is 13.6. The van der Waals surface area contributed by atoms with Crippen LogP contribution in [-0.4, -0.2) is 34.7 Å². The summed E-state index contributed by atoms with van der Waals surface area (Å²) in [6, 6.07) is 24.5. The van der Waals surface area contributed by atoms with Gasteiger partial charge in [-0.25, -0.2) is 4.98 Å². The Labute approximate surface area is 224 Å². The van der Waals surface area contributed by atoms with Gasteiger partial charge in [0, 0.05) is 22.6 Å². The van der Waals surface area contributed by atoms with Gasteiger partial charge in [-0.05, 0) is 74.5 Å². The fourth-order valence-electron chi connectivity index (χ4n) is 4.88. The van der Waals surface area contributed by atoms with E-state index in [0.29, 0.717) is 33.8 Å². The van der Waals surface area contributed by atoms with E-state index in [1.807, 2.05) is 80.6 Å². The van der Waals surface area contributed by atoms with Gasteiger partial charge in [0.15, 0.2) is 5.76 Å². The van der Waals surface area contributed by atoms with Crippen LogP contribution in [0.2, 0.25) is 0 Å². The summed E-state index contributed by atoms with van der Waals surface area (Å²) >= 11 is 0. The minimum absolute atomic E-state index is 0.289. The van der Waals surface area contributed by atoms with Crippen LogP contribution in [0, 0.1) is 13.8 Å². The molecule has 3 heterocycles. The van der Waals surface area contributed by atoms with E-state index >= 15 is 0 Å². The molecule has 0 atom stereocenters. The molecule has 0 bridgehead atoms. The number of fused-ring (bicyclic) bond motifs is 2. The normalized spacial score (nSPS) is 11.6. The molecule has 0 unspecified atom stereocenters. The zero-order chi connectivity index (χ0) is 27.1. The van der Waals surface area contributed by atoms with E-state index in [0.717, 1.165) is 33.8 Å². The van der Waals surface area contributed by atoms with Gasteiger partial charge in [0.1, 0.15) is 17.1 Å². The molecule has 0 aliphatic heterocycles. The summed E-state index contributed by atoms with van der Waals surface area (Å²) < 4.78 is 20.3. The minimum Gasteiger partial charge on any atom is -0.497 e. The lowest BCUT2D eigenvalue weighted by atomic mass is 10.2. The molecule has 0 N–H and O–H groups in total. The number of rotatable bonds is 6. The number of hydrogen-bond donors (Lipinski definition) is 0. The second-order valence-electron chi connectivity index (χ2n) is 9.16. The van der Waals surface area contributed by atoms with Crippen LogP contribution in [0.4, 0.5) is 0 Å². The van der Waals surface area contributed by atoms with Crippen LogP contribution in [0.5, 0.6) is 11.5 Å². The predicted molar refractivity (Wildman–Crippen MR) is 153 cm³/mol. The van der Waals surface area contributed by atoms with Crippen molar-refractivity contribution >= 4 is 28.1 Å². The smallest absolute Gasteiger partial charge is 0.282 e. The van der Waals surface area contributed by atoms with Crippen molar-refractivity contribution in [3.63, 3.8) is 0 Å². The summed E-state index contributed by atoms with van der Waals surface area (Å²) in [5.74, 6) is 2.18. The molecule has 194 valence electrons. The molecule has 3 aromatic carbocycles. The maximum Gasteiger partial charge on any atom is 0.282 e. The van der Waals surface area contributed by atoms with Crippen molar-refractivity contribution in [3.8, 4) is 28.8 Å². The Morgan fingerprint density at radius 2 is 1.69 bits per heavy atom. The molecule has 0 aliphatic rings. The molecule has 8 nitrogen and oxygen atoms in total. The lowest BCUT2D eigenvalue weighted by molar-refractivity contribution is 0.414. The molecule has 8 heteroatoms. The Morgan fingerprint density at radius 3 is 2.46 bits per heavy atom. The molecule has 0 saturated carbocycles. The van der Waals surface area contributed by atoms with Crippen molar-refractivity contribution in [3.05, 3.63) is 106 Å². The van der Waals surface area contributed by atoms with Crippen LogP contribution < -0.4 is 15.0 Å². The number of furan rings is 1. The largest absolute Gasteiger partial charge is 0.497 e. The second kappa shape index (κ2) is 9.64. The van der Waals surface area contributed by atoms with Crippen LogP contribution in [0.25, 0.3) is 39.1 Å². The standard InChI is InChI=1S/C31H26N4O4/c1-19-16-21(20(2)34(19)22-12-14-23(37-3)15-13-22)18-32-35-30(33-26-9-6-5-8-24(26)31(35)36)29-17-25-27(38-4)10-7-11-28(25)39-29/h5-18H,1-4H3. The van der Waals surface area contributed by atoms with E-state index in [1.54, 1.807) is 32.6 Å². The first kappa shape index (κ1) is 24.2. The van der Waals surface area contributed by atoms with Crippen molar-refractivity contribution in [1.82, 2.24) is 14.2 Å². The molecule has 0 spiro atoms. The SMILES string of the molecule is COc1ccc(-n2c(C)cc(C=Nn3c(-c4cc5c(OC)cccc5o4)nc4ccccc4c3=O)c2C)cc1. The Bertz CT molecular complexity index is 1930. The molecular weight excluding hydrogens is 492 g/mol. The molecule has 39 heavy (non-hydrogen) atoms. The van der Waals surface area contributed by atoms with Crippen LogP contribution in [0.15, 0.2) is 93.2 Å². The monoisotopic (exact) mass is 518 g/mol. The van der Waals surface area contributed by atoms with Crippen molar-refractivity contribution in [2.24, 2.45) is 5.10 Å². The number of methoxy groups -OCH3 is 2. The highest BCUT2D eigenvalue weighted by Gasteiger charge is 2.18. The van der Waals surface area contributed by atoms with Crippen LogP contribution in [0.3, 0.4) is 0 Å². The highest BCUT2D eigenvalue weighted by Crippen LogP contribution is 2.33. The van der Waals surface area contributed by atoms with Gasteiger partial charge < -0.3 is 18.5 Å². The molecule has 0 radical (unpaired) electrons. The number of para-hydroxylation sites is 1. The van der Waals surface area contributed by atoms with E-state index in [4.69, 9.17) is 18.9 Å². The van der Waals surface area contributed by atoms with E-state index in [2.05, 4.69) is 9.67 Å². The van der Waals surface area contributed by atoms with Gasteiger partial charge in [0.05, 0.1) is 36.7 Å². The average molecular weight is 519 g/mol. The molecule has 0 fully saturated rings. The lowest BCUT2D eigenvalue weighted by Crippen LogP contribution is -2.20. The minimum atomic E-state index is -0.289. The first-order chi connectivity index (χ1) is 19.0. The first-order valence-electron chi connectivity index (χ1n) is 12.4. The molecule has 3 aromatic heterocycles. The van der Waals surface area contributed by atoms with Gasteiger partial charge in [0.25, 0.3) is 5.56 Å². The summed E-state index contributed by atoms with van der Waals surface area (Å²) in [6.45, 7) is 4.05. The Hall–Kier alpha value is -5.11. The molecule has 0 amide bonds. The third-order valence-corrected chi connectivity index (χ3v) is 6.83. The maximum atomic E-state index is 13.6. The van der Waals surface area contributed by atoms with E-state index in [9.17, 15) is 4.79 Å². The predicted octanol–water partition coefficient (Wildman–Crippen LogP) is 6.12. The van der Waals surface area contributed by atoms with Gasteiger partial charge in [0.2, 0.25) is 5.82 Å². The zero-order valence-electron chi connectivity index (χ0n) is 22.0. The second-order valence-corrected chi connectivity index (χ2v) is 9.16. The van der Waals surface area contributed by atoms with Crippen LogP contribution >= 0.6 is 0 Å². The van der Waals surface area contributed by atoms with Gasteiger partial charge in [-0.2, -0.15) is 9.78 Å². The van der Waals surface area contributed by atoms with E-state index < -0.39 is 0 Å². The third kappa shape index (κ3) is 4.16. The number of hydrogen-bond acceptors (Lipinski definition) is 6. The summed E-state index contributed by atoms with van der Waals surface area (Å²) in [5.41, 5.74) is 4.81. The first-order valence-corrected chi connectivity index (χ1v) is 12.4. The summed E-state index contributed by atoms with van der Waals surface area (Å²) in [7, 11) is 3.26. The summed E-state index contributed by atoms with van der Waals surface area (Å²) in [6.07, 6.45) is 1.69. The van der Waals surface area contributed by atoms with Gasteiger partial charge in [-0.15, -0.1) is 0 Å². The molecule has 6 rings (SSSR count). The fraction of sp³-hybridized carbons (Fsp3) is 0.129. The lowest BCUT2D eigenvalue weighted by Gasteiger charge is -2.10. The topological polar surface area (TPSA) is 83.8 Å². The molecule has 0 saturated heterocycles. The Morgan fingerprint density at radius 1 is 0.897 bits per heavy atom. The average Bonchev–Trinajstić information content (AvgIpc) is 3.52. The Balaban J connectivity index is 1.50. The van der Waals surface area contributed by atoms with E-state index in [-0.39, 0.29) is 5.56 Å². The third-order valence-electron chi connectivity index (χ3n) is 6.83. The van der Waals surface area contributed by atoms with Gasteiger partial charge in [-0.1, -0.05) is 18.2 Å². The van der Waals surface area contributed by atoms with Crippen molar-refractivity contribution < 1.29 is 13.9 Å². The van der Waals surface area contributed by atoms with Crippen molar-refractivity contribution in [2.75, 3.05) is 14.2 Å². The number of benzene rings is 3. The van der Waals surface area contributed by atoms with Crippen LogP contribution in [-0.2, 0) is 0 Å². The van der Waals surface area contributed by atoms with Crippen molar-refractivity contribution in [1.29, 1.82) is 0 Å². The van der Waals surface area contributed by atoms with Gasteiger partial charge >= 0.3 is 0 Å². The fourth-order valence-corrected chi connectivity index (χ4v) is 4.88. The highest BCUT2D eigenvalue weighted by atomic mass is 16.5. The number of nitrogens with zero attached hydrogens (tertiary/aromatic N) is 4. The van der Waals surface area contributed by atoms with E-state index in [1.165, 1.54) is 4.68 Å². The molecule has 0 aliphatic carbocycles. The number of aryl methyl sites for hydroxylation is 1. The molecule has 6 aromatic rings. The van der Waals surface area contributed by atoms with Crippen LogP contribution in [0.1, 0.15) is 17.0 Å². The van der Waals surface area contributed by atoms with Gasteiger partial charge in [-0.3, -0.25) is 4.79 Å². The quantitative estimate of drug-likeness (QED) is 0.248. The zero-order valence-corrected chi connectivity index (χ0v) is 22.0. The Kier molecular flexibility index (Phi) is 5.99. The number of aromatic nitrogens is 3. The summed E-state index contributed by atoms with van der Waals surface area (Å²) in [5, 5.41) is 5.90. The summed E-state index contributed by atoms with van der Waals surface area (Å²) in [4.78, 5) is 18.4.